The summed E-state index contributed by atoms with van der Waals surface area (Å²) in [7, 11) is 0. The molecule has 1 aromatic rings. The lowest BCUT2D eigenvalue weighted by Crippen LogP contribution is -2.32. The molecular weight excluding hydrogens is 241 g/mol. The molecule has 1 aliphatic rings. The lowest BCUT2D eigenvalue weighted by atomic mass is 10.0. The molecule has 1 atom stereocenters. The van der Waals surface area contributed by atoms with Gasteiger partial charge in [-0.15, -0.1) is 0 Å². The minimum Gasteiger partial charge on any atom is -0.314 e. The fourth-order valence-corrected chi connectivity index (χ4v) is 2.49. The smallest absolute Gasteiger partial charge is 0.0439 e. The Morgan fingerprint density at radius 1 is 1.38 bits per heavy atom. The minimum absolute atomic E-state index is 0.556. The molecule has 0 heterocycles. The summed E-state index contributed by atoms with van der Waals surface area (Å²) in [6.07, 6.45) is 3.67. The van der Waals surface area contributed by atoms with Crippen molar-refractivity contribution in [2.75, 3.05) is 6.54 Å². The Hall–Kier alpha value is -0.240. The van der Waals surface area contributed by atoms with Crippen molar-refractivity contribution in [3.05, 3.63) is 33.8 Å². The fraction of sp³-hybridized carbons (Fsp3) is 0.538. The first kappa shape index (κ1) is 12.2. The molecule has 1 aromatic carbocycles. The zero-order valence-electron chi connectivity index (χ0n) is 9.47. The van der Waals surface area contributed by atoms with E-state index in [1.165, 1.54) is 12.8 Å². The van der Waals surface area contributed by atoms with Gasteiger partial charge in [-0.3, -0.25) is 0 Å². The van der Waals surface area contributed by atoms with Gasteiger partial charge >= 0.3 is 0 Å². The van der Waals surface area contributed by atoms with Crippen molar-refractivity contribution in [2.45, 2.75) is 32.2 Å². The number of likely N-dealkylation sites (N-methyl/N-ethyl adjacent to an activating group) is 1. The van der Waals surface area contributed by atoms with Gasteiger partial charge in [-0.2, -0.15) is 0 Å². The van der Waals surface area contributed by atoms with Crippen LogP contribution in [0.4, 0.5) is 0 Å². The number of benzene rings is 1. The fourth-order valence-electron chi connectivity index (χ4n) is 2.10. The zero-order valence-corrected chi connectivity index (χ0v) is 11.0. The molecule has 0 aliphatic heterocycles. The maximum atomic E-state index is 6.18. The van der Waals surface area contributed by atoms with E-state index in [1.54, 1.807) is 0 Å². The Kier molecular flexibility index (Phi) is 4.12. The summed E-state index contributed by atoms with van der Waals surface area (Å²) in [4.78, 5) is 0. The molecule has 88 valence electrons. The van der Waals surface area contributed by atoms with E-state index in [0.717, 1.165) is 34.5 Å². The van der Waals surface area contributed by atoms with Crippen LogP contribution in [0.2, 0.25) is 10.0 Å². The Bertz CT molecular complexity index is 361. The highest BCUT2D eigenvalue weighted by atomic mass is 35.5. The van der Waals surface area contributed by atoms with E-state index >= 15 is 0 Å². The maximum Gasteiger partial charge on any atom is 0.0439 e. The molecule has 1 nitrogen and oxygen atoms in total. The summed E-state index contributed by atoms with van der Waals surface area (Å²) < 4.78 is 0. The summed E-state index contributed by atoms with van der Waals surface area (Å²) in [6, 6.07) is 6.26. The number of rotatable bonds is 5. The normalized spacial score (nSPS) is 17.4. The summed E-state index contributed by atoms with van der Waals surface area (Å²) in [5.41, 5.74) is 1.16. The standard InChI is InChI=1S/C13H17Cl2N/c1-2-16-13(9-3-4-9)8-10-7-11(14)5-6-12(10)15/h5-7,9,13,16H,2-4,8H2,1H3. The van der Waals surface area contributed by atoms with Crippen LogP contribution in [0.15, 0.2) is 18.2 Å². The predicted octanol–water partition coefficient (Wildman–Crippen LogP) is 3.92. The lowest BCUT2D eigenvalue weighted by molar-refractivity contribution is 0.472. The first-order chi connectivity index (χ1) is 7.70. The third-order valence-corrected chi connectivity index (χ3v) is 3.71. The van der Waals surface area contributed by atoms with E-state index in [9.17, 15) is 0 Å². The highest BCUT2D eigenvalue weighted by Gasteiger charge is 2.30. The highest BCUT2D eigenvalue weighted by Crippen LogP contribution is 2.35. The second-order valence-corrected chi connectivity index (χ2v) is 5.29. The summed E-state index contributed by atoms with van der Waals surface area (Å²) in [6.45, 7) is 3.16. The second-order valence-electron chi connectivity index (χ2n) is 4.44. The Labute approximate surface area is 107 Å². The molecule has 0 amide bonds. The zero-order chi connectivity index (χ0) is 11.5. The van der Waals surface area contributed by atoms with Gasteiger partial charge in [-0.1, -0.05) is 30.1 Å². The highest BCUT2D eigenvalue weighted by molar-refractivity contribution is 6.33. The first-order valence-electron chi connectivity index (χ1n) is 5.88. The molecule has 0 radical (unpaired) electrons. The quantitative estimate of drug-likeness (QED) is 0.843. The van der Waals surface area contributed by atoms with E-state index in [4.69, 9.17) is 23.2 Å². The van der Waals surface area contributed by atoms with E-state index in [1.807, 2.05) is 18.2 Å². The van der Waals surface area contributed by atoms with Crippen LogP contribution >= 0.6 is 23.2 Å². The lowest BCUT2D eigenvalue weighted by Gasteiger charge is -2.18. The minimum atomic E-state index is 0.556. The average Bonchev–Trinajstić information content (AvgIpc) is 3.06. The molecular formula is C13H17Cl2N. The van der Waals surface area contributed by atoms with Crippen LogP contribution in [0.1, 0.15) is 25.3 Å². The predicted molar refractivity (Wildman–Crippen MR) is 70.4 cm³/mol. The third-order valence-electron chi connectivity index (χ3n) is 3.10. The molecule has 1 saturated carbocycles. The summed E-state index contributed by atoms with van der Waals surface area (Å²) in [5.74, 6) is 0.829. The van der Waals surface area contributed by atoms with Crippen molar-refractivity contribution in [3.63, 3.8) is 0 Å². The summed E-state index contributed by atoms with van der Waals surface area (Å²) in [5, 5.41) is 5.13. The molecule has 1 aliphatic carbocycles. The van der Waals surface area contributed by atoms with Crippen molar-refractivity contribution in [3.8, 4) is 0 Å². The monoisotopic (exact) mass is 257 g/mol. The van der Waals surface area contributed by atoms with Crippen molar-refractivity contribution in [2.24, 2.45) is 5.92 Å². The molecule has 1 unspecified atom stereocenters. The van der Waals surface area contributed by atoms with Crippen molar-refractivity contribution in [1.29, 1.82) is 0 Å². The van der Waals surface area contributed by atoms with Gasteiger partial charge in [0.05, 0.1) is 0 Å². The van der Waals surface area contributed by atoms with Crippen LogP contribution in [0.25, 0.3) is 0 Å². The average molecular weight is 258 g/mol. The SMILES string of the molecule is CCNC(Cc1cc(Cl)ccc1Cl)C1CC1. The van der Waals surface area contributed by atoms with Crippen LogP contribution in [0.3, 0.4) is 0 Å². The van der Waals surface area contributed by atoms with Crippen LogP contribution in [0.5, 0.6) is 0 Å². The third kappa shape index (κ3) is 3.13. The molecule has 0 bridgehead atoms. The molecule has 1 N–H and O–H groups in total. The van der Waals surface area contributed by atoms with Gasteiger partial charge < -0.3 is 5.32 Å². The second kappa shape index (κ2) is 5.39. The topological polar surface area (TPSA) is 12.0 Å². The molecule has 0 saturated heterocycles. The van der Waals surface area contributed by atoms with Gasteiger partial charge in [0.2, 0.25) is 0 Å². The van der Waals surface area contributed by atoms with Gasteiger partial charge in [0.15, 0.2) is 0 Å². The largest absolute Gasteiger partial charge is 0.314 e. The van der Waals surface area contributed by atoms with Gasteiger partial charge in [0.25, 0.3) is 0 Å². The van der Waals surface area contributed by atoms with Crippen LogP contribution in [0, 0.1) is 5.92 Å². The van der Waals surface area contributed by atoms with E-state index in [-0.39, 0.29) is 0 Å². The van der Waals surface area contributed by atoms with Crippen molar-refractivity contribution in [1.82, 2.24) is 5.32 Å². The van der Waals surface area contributed by atoms with E-state index in [0.29, 0.717) is 6.04 Å². The van der Waals surface area contributed by atoms with Gasteiger partial charge in [0, 0.05) is 16.1 Å². The molecule has 0 spiro atoms. The Morgan fingerprint density at radius 2 is 2.12 bits per heavy atom. The van der Waals surface area contributed by atoms with Gasteiger partial charge in [-0.25, -0.2) is 0 Å². The van der Waals surface area contributed by atoms with Crippen LogP contribution < -0.4 is 5.32 Å². The molecule has 0 aromatic heterocycles. The van der Waals surface area contributed by atoms with Crippen molar-refractivity contribution < 1.29 is 0 Å². The molecule has 3 heteroatoms. The molecule has 1 fully saturated rings. The van der Waals surface area contributed by atoms with E-state index in [2.05, 4.69) is 12.2 Å². The van der Waals surface area contributed by atoms with Crippen LogP contribution in [-0.2, 0) is 6.42 Å². The number of halogens is 2. The molecule has 16 heavy (non-hydrogen) atoms. The van der Waals surface area contributed by atoms with E-state index < -0.39 is 0 Å². The van der Waals surface area contributed by atoms with Gasteiger partial charge in [0.1, 0.15) is 0 Å². The number of hydrogen-bond donors (Lipinski definition) is 1. The summed E-state index contributed by atoms with van der Waals surface area (Å²) >= 11 is 12.2. The number of hydrogen-bond acceptors (Lipinski definition) is 1. The van der Waals surface area contributed by atoms with Gasteiger partial charge in [-0.05, 0) is 55.5 Å². The first-order valence-corrected chi connectivity index (χ1v) is 6.63. The number of nitrogens with one attached hydrogen (secondary N) is 1. The Morgan fingerprint density at radius 3 is 2.75 bits per heavy atom. The maximum absolute atomic E-state index is 6.18. The molecule has 2 rings (SSSR count). The van der Waals surface area contributed by atoms with Crippen LogP contribution in [-0.4, -0.2) is 12.6 Å². The van der Waals surface area contributed by atoms with Crippen molar-refractivity contribution >= 4 is 23.2 Å². The Balaban J connectivity index is 2.08.